The molecular weight excluding hydrogens is 505 g/mol. The first-order chi connectivity index (χ1) is 16.8. The molecule has 0 fully saturated rings. The minimum atomic E-state index is 0.818. The van der Waals surface area contributed by atoms with Crippen LogP contribution >= 0.6 is 47.0 Å². The van der Waals surface area contributed by atoms with Crippen molar-refractivity contribution in [3.05, 3.63) is 57.5 Å². The van der Waals surface area contributed by atoms with E-state index in [-0.39, 0.29) is 0 Å². The Labute approximate surface area is 207 Å². The van der Waals surface area contributed by atoms with Gasteiger partial charge in [-0.3, -0.25) is 19.9 Å². The van der Waals surface area contributed by atoms with Gasteiger partial charge in [0.15, 0.2) is 0 Å². The number of thioether (sulfide) groups is 4. The second-order valence-corrected chi connectivity index (χ2v) is 11.9. The summed E-state index contributed by atoms with van der Waals surface area (Å²) < 4.78 is 2.30. The van der Waals surface area contributed by atoms with E-state index in [2.05, 4.69) is 19.9 Å². The fraction of sp³-hybridized carbons (Fsp3) is 0. The summed E-state index contributed by atoms with van der Waals surface area (Å²) in [5, 5.41) is 3.65. The Morgan fingerprint density at radius 3 is 0.882 bits per heavy atom. The van der Waals surface area contributed by atoms with Gasteiger partial charge in [0.05, 0.1) is 52.6 Å². The lowest BCUT2D eigenvalue weighted by Gasteiger charge is -2.01. The molecule has 2 aliphatic rings. The van der Waals surface area contributed by atoms with Gasteiger partial charge in [-0.1, -0.05) is 47.0 Å². The molecule has 0 aliphatic carbocycles. The predicted molar refractivity (Wildman–Crippen MR) is 136 cm³/mol. The molecule has 0 radical (unpaired) electrons. The van der Waals surface area contributed by atoms with Gasteiger partial charge in [0.2, 0.25) is 0 Å². The van der Waals surface area contributed by atoms with Crippen LogP contribution in [-0.4, -0.2) is 39.9 Å². The minimum absolute atomic E-state index is 0.818. The Morgan fingerprint density at radius 2 is 0.618 bits per heavy atom. The van der Waals surface area contributed by atoms with Gasteiger partial charge in [-0.15, -0.1) is 0 Å². The van der Waals surface area contributed by atoms with Gasteiger partial charge in [0.1, 0.15) is 20.1 Å². The maximum atomic E-state index is 4.87. The first-order valence-electron chi connectivity index (χ1n) is 10.1. The van der Waals surface area contributed by atoms with Crippen molar-refractivity contribution in [2.45, 2.75) is 20.1 Å². The van der Waals surface area contributed by atoms with Crippen LogP contribution in [0.15, 0.2) is 77.6 Å². The molecule has 12 heteroatoms. The first kappa shape index (κ1) is 19.3. The lowest BCUT2D eigenvalue weighted by atomic mass is 10.2. The smallest absolute Gasteiger partial charge is 0.135 e. The summed E-state index contributed by atoms with van der Waals surface area (Å²) in [4.78, 5) is 37.0. The van der Waals surface area contributed by atoms with E-state index in [9.17, 15) is 0 Å². The summed E-state index contributed by atoms with van der Waals surface area (Å²) >= 11 is 6.59. The molecule has 6 aromatic rings. The molecule has 8 nitrogen and oxygen atoms in total. The molecule has 0 spiro atoms. The molecule has 0 amide bonds. The Balaban J connectivity index is 1.18. The fourth-order valence-corrected chi connectivity index (χ4v) is 8.71. The van der Waals surface area contributed by atoms with E-state index in [4.69, 9.17) is 19.9 Å². The van der Waals surface area contributed by atoms with E-state index >= 15 is 0 Å². The lowest BCUT2D eigenvalue weighted by molar-refractivity contribution is 0.982. The van der Waals surface area contributed by atoms with E-state index in [0.29, 0.717) is 0 Å². The average Bonchev–Trinajstić information content (AvgIpc) is 3.46. The molecule has 34 heavy (non-hydrogen) atoms. The SMILES string of the molecule is c1cnc2cc3nc4c(nc3cc2n1)SC(=C1Sc2nc3cc5nccnc5cc3nc2S1)S4. The van der Waals surface area contributed by atoms with Crippen LogP contribution in [-0.2, 0) is 0 Å². The number of hydrogen-bond acceptors (Lipinski definition) is 12. The summed E-state index contributed by atoms with van der Waals surface area (Å²) in [6, 6.07) is 7.79. The normalized spacial score (nSPS) is 15.1. The predicted octanol–water partition coefficient (Wildman–Crippen LogP) is 5.68. The zero-order valence-electron chi connectivity index (χ0n) is 16.8. The summed E-state index contributed by atoms with van der Waals surface area (Å²) in [6.45, 7) is 0. The second kappa shape index (κ2) is 7.22. The van der Waals surface area contributed by atoms with Gasteiger partial charge >= 0.3 is 0 Å². The van der Waals surface area contributed by atoms with Crippen molar-refractivity contribution in [1.82, 2.24) is 39.9 Å². The van der Waals surface area contributed by atoms with Crippen molar-refractivity contribution in [1.29, 1.82) is 0 Å². The van der Waals surface area contributed by atoms with Crippen LogP contribution in [0.5, 0.6) is 0 Å². The number of rotatable bonds is 0. The van der Waals surface area contributed by atoms with E-state index in [1.54, 1.807) is 71.8 Å². The topological polar surface area (TPSA) is 103 Å². The first-order valence-corrected chi connectivity index (χ1v) is 13.3. The summed E-state index contributed by atoms with van der Waals surface area (Å²) in [7, 11) is 0. The van der Waals surface area contributed by atoms with Crippen LogP contribution < -0.4 is 0 Å². The minimum Gasteiger partial charge on any atom is -0.253 e. The largest absolute Gasteiger partial charge is 0.253 e. The molecule has 4 aromatic heterocycles. The molecule has 2 aliphatic heterocycles. The highest BCUT2D eigenvalue weighted by Crippen LogP contribution is 2.60. The van der Waals surface area contributed by atoms with Crippen LogP contribution in [0.3, 0.4) is 0 Å². The van der Waals surface area contributed by atoms with Gasteiger partial charge in [0, 0.05) is 24.8 Å². The van der Waals surface area contributed by atoms with E-state index < -0.39 is 0 Å². The highest BCUT2D eigenvalue weighted by Gasteiger charge is 2.31. The molecule has 0 saturated carbocycles. The molecule has 0 N–H and O–H groups in total. The second-order valence-electron chi connectivity index (χ2n) is 7.42. The van der Waals surface area contributed by atoms with Crippen LogP contribution in [0.4, 0.5) is 0 Å². The van der Waals surface area contributed by atoms with Gasteiger partial charge in [-0.25, -0.2) is 19.9 Å². The number of nitrogens with zero attached hydrogens (tertiary/aromatic N) is 8. The standard InChI is InChI=1S/C22H8N8S4/c1-2-24-10-6-14-13(5-9(10)23-1)27-17-18(28-14)32-21(31-17)22-33-19-20(34-22)30-16-8-12-11(7-15(16)29-19)25-3-4-26-12/h1-8H. The Bertz CT molecular complexity index is 1620. The van der Waals surface area contributed by atoms with Gasteiger partial charge in [-0.05, 0) is 24.3 Å². The maximum absolute atomic E-state index is 4.87. The number of fused-ring (bicyclic) bond motifs is 6. The number of benzene rings is 2. The summed E-state index contributed by atoms with van der Waals surface area (Å²) in [5.41, 5.74) is 6.57. The third-order valence-corrected chi connectivity index (χ3v) is 10.6. The molecule has 160 valence electrons. The quantitative estimate of drug-likeness (QED) is 0.234. The van der Waals surface area contributed by atoms with E-state index in [0.717, 1.165) is 72.7 Å². The maximum Gasteiger partial charge on any atom is 0.135 e. The molecule has 2 aromatic carbocycles. The van der Waals surface area contributed by atoms with E-state index in [1.807, 2.05) is 24.3 Å². The third kappa shape index (κ3) is 2.99. The highest BCUT2D eigenvalue weighted by atomic mass is 32.2. The van der Waals surface area contributed by atoms with Crippen molar-refractivity contribution >= 4 is 91.2 Å². The lowest BCUT2D eigenvalue weighted by Crippen LogP contribution is -1.90. The van der Waals surface area contributed by atoms with Crippen LogP contribution in [0.2, 0.25) is 0 Å². The number of hydrogen-bond donors (Lipinski definition) is 0. The zero-order valence-corrected chi connectivity index (χ0v) is 20.1. The third-order valence-electron chi connectivity index (χ3n) is 5.31. The molecule has 6 heterocycles. The number of aromatic nitrogens is 8. The van der Waals surface area contributed by atoms with Crippen molar-refractivity contribution in [2.75, 3.05) is 0 Å². The van der Waals surface area contributed by atoms with Crippen LogP contribution in [0.25, 0.3) is 44.1 Å². The van der Waals surface area contributed by atoms with Gasteiger partial charge in [0.25, 0.3) is 0 Å². The molecule has 0 saturated heterocycles. The zero-order chi connectivity index (χ0) is 22.2. The van der Waals surface area contributed by atoms with Crippen molar-refractivity contribution < 1.29 is 0 Å². The summed E-state index contributed by atoms with van der Waals surface area (Å²) in [5.74, 6) is 0. The Hall–Kier alpha value is -3.06. The van der Waals surface area contributed by atoms with Crippen molar-refractivity contribution in [3.8, 4) is 0 Å². The Kier molecular flexibility index (Phi) is 4.09. The molecule has 0 unspecified atom stereocenters. The van der Waals surface area contributed by atoms with Crippen LogP contribution in [0.1, 0.15) is 0 Å². The molecule has 8 rings (SSSR count). The van der Waals surface area contributed by atoms with Crippen molar-refractivity contribution in [3.63, 3.8) is 0 Å². The van der Waals surface area contributed by atoms with Gasteiger partial charge < -0.3 is 0 Å². The summed E-state index contributed by atoms with van der Waals surface area (Å²) in [6.07, 6.45) is 6.76. The van der Waals surface area contributed by atoms with Gasteiger partial charge in [-0.2, -0.15) is 0 Å². The fourth-order valence-electron chi connectivity index (χ4n) is 3.79. The van der Waals surface area contributed by atoms with E-state index in [1.165, 1.54) is 0 Å². The Morgan fingerprint density at radius 1 is 0.353 bits per heavy atom. The monoisotopic (exact) mass is 512 g/mol. The van der Waals surface area contributed by atoms with Crippen LogP contribution in [0, 0.1) is 0 Å². The molecule has 0 atom stereocenters. The highest BCUT2D eigenvalue weighted by molar-refractivity contribution is 8.30. The van der Waals surface area contributed by atoms with Crippen molar-refractivity contribution in [2.24, 2.45) is 0 Å². The molecular formula is C22H8N8S4. The molecule has 0 bridgehead atoms. The average molecular weight is 513 g/mol.